The molecule has 17 heavy (non-hydrogen) atoms. The molecule has 1 aliphatic rings. The van der Waals surface area contributed by atoms with Crippen molar-refractivity contribution in [2.24, 2.45) is 0 Å². The Labute approximate surface area is 105 Å². The summed E-state index contributed by atoms with van der Waals surface area (Å²) in [7, 11) is -3.12. The van der Waals surface area contributed by atoms with Crippen LogP contribution >= 0.6 is 0 Å². The minimum absolute atomic E-state index is 0.0991. The topological polar surface area (TPSA) is 66.4 Å². The average molecular weight is 263 g/mol. The highest BCUT2D eigenvalue weighted by atomic mass is 32.2. The summed E-state index contributed by atoms with van der Waals surface area (Å²) in [5, 5.41) is 12.7. The van der Waals surface area contributed by atoms with Gasteiger partial charge < -0.3 is 10.4 Å². The number of nitrogens with one attached hydrogen (secondary N) is 1. The summed E-state index contributed by atoms with van der Waals surface area (Å²) >= 11 is 0. The van der Waals surface area contributed by atoms with E-state index in [0.717, 1.165) is 25.7 Å². The Hall–Kier alpha value is -0.130. The van der Waals surface area contributed by atoms with Crippen LogP contribution in [0.5, 0.6) is 0 Å². The van der Waals surface area contributed by atoms with E-state index in [0.29, 0.717) is 6.54 Å². The highest BCUT2D eigenvalue weighted by Gasteiger charge is 2.30. The van der Waals surface area contributed by atoms with E-state index in [1.165, 1.54) is 0 Å². The molecule has 0 bridgehead atoms. The number of aliphatic hydroxyl groups excluding tert-OH is 1. The Morgan fingerprint density at radius 3 is 2.29 bits per heavy atom. The van der Waals surface area contributed by atoms with Gasteiger partial charge in [0.1, 0.15) is 0 Å². The summed E-state index contributed by atoms with van der Waals surface area (Å²) in [6.07, 6.45) is 2.73. The van der Waals surface area contributed by atoms with Crippen molar-refractivity contribution in [3.63, 3.8) is 0 Å². The number of β-amino-alcohol motifs (C(OH)–C–C–N with tert-alkyl or cyclic N) is 1. The van der Waals surface area contributed by atoms with Crippen LogP contribution in [0.2, 0.25) is 0 Å². The van der Waals surface area contributed by atoms with Gasteiger partial charge in [-0.05, 0) is 33.6 Å². The molecule has 1 aliphatic carbocycles. The van der Waals surface area contributed by atoms with E-state index in [2.05, 4.69) is 5.32 Å². The number of hydrogen-bond acceptors (Lipinski definition) is 4. The number of rotatable bonds is 5. The fourth-order valence-corrected chi connectivity index (χ4v) is 4.11. The van der Waals surface area contributed by atoms with Gasteiger partial charge >= 0.3 is 0 Å². The van der Waals surface area contributed by atoms with E-state index in [9.17, 15) is 13.5 Å². The van der Waals surface area contributed by atoms with Gasteiger partial charge in [-0.15, -0.1) is 0 Å². The van der Waals surface area contributed by atoms with E-state index in [4.69, 9.17) is 0 Å². The molecule has 1 unspecified atom stereocenters. The van der Waals surface area contributed by atoms with Crippen LogP contribution in [0.3, 0.4) is 0 Å². The fraction of sp³-hybridized carbons (Fsp3) is 1.00. The molecule has 0 aliphatic heterocycles. The van der Waals surface area contributed by atoms with E-state index >= 15 is 0 Å². The summed E-state index contributed by atoms with van der Waals surface area (Å²) in [5.74, 6) is -0.110. The molecule has 0 aromatic carbocycles. The van der Waals surface area contributed by atoms with Crippen LogP contribution in [0.15, 0.2) is 0 Å². The van der Waals surface area contributed by atoms with Gasteiger partial charge in [0.05, 0.1) is 17.1 Å². The van der Waals surface area contributed by atoms with Crippen molar-refractivity contribution in [1.29, 1.82) is 0 Å². The first-order valence-corrected chi connectivity index (χ1v) is 8.07. The lowest BCUT2D eigenvalue weighted by Crippen LogP contribution is -2.43. The minimum atomic E-state index is -3.12. The molecular weight excluding hydrogens is 238 g/mol. The van der Waals surface area contributed by atoms with Gasteiger partial charge in [-0.25, -0.2) is 8.42 Å². The lowest BCUT2D eigenvalue weighted by molar-refractivity contribution is 0.181. The zero-order chi connectivity index (χ0) is 13.1. The van der Waals surface area contributed by atoms with Crippen LogP contribution in [0.1, 0.15) is 46.5 Å². The SMILES string of the molecule is CC(C)(C)NCC(O)CS(=O)(=O)C1CCCC1. The van der Waals surface area contributed by atoms with E-state index in [1.54, 1.807) is 0 Å². The molecule has 0 spiro atoms. The van der Waals surface area contributed by atoms with Crippen LogP contribution in [-0.4, -0.2) is 42.7 Å². The van der Waals surface area contributed by atoms with E-state index in [1.807, 2.05) is 20.8 Å². The number of sulfone groups is 1. The number of aliphatic hydroxyl groups is 1. The second-order valence-corrected chi connectivity index (χ2v) is 8.35. The maximum absolute atomic E-state index is 12.0. The Kier molecular flexibility index (Phi) is 4.98. The maximum atomic E-state index is 12.0. The second kappa shape index (κ2) is 5.67. The number of hydrogen-bond donors (Lipinski definition) is 2. The first-order chi connectivity index (χ1) is 7.71. The summed E-state index contributed by atoms with van der Waals surface area (Å²) in [5.41, 5.74) is -0.0991. The van der Waals surface area contributed by atoms with Crippen molar-refractivity contribution in [1.82, 2.24) is 5.32 Å². The third-order valence-electron chi connectivity index (χ3n) is 3.10. The van der Waals surface area contributed by atoms with Gasteiger partial charge in [-0.3, -0.25) is 0 Å². The molecule has 1 rings (SSSR count). The third kappa shape index (κ3) is 5.36. The summed E-state index contributed by atoms with van der Waals surface area (Å²) in [6.45, 7) is 6.30. The summed E-state index contributed by atoms with van der Waals surface area (Å²) in [6, 6.07) is 0. The normalized spacial score (nSPS) is 20.7. The summed E-state index contributed by atoms with van der Waals surface area (Å²) in [4.78, 5) is 0. The van der Waals surface area contributed by atoms with E-state index < -0.39 is 15.9 Å². The standard InChI is InChI=1S/C12H25NO3S/c1-12(2,3)13-8-10(14)9-17(15,16)11-6-4-5-7-11/h10-11,13-14H,4-9H2,1-3H3. The lowest BCUT2D eigenvalue weighted by atomic mass is 10.1. The van der Waals surface area contributed by atoms with Crippen molar-refractivity contribution >= 4 is 9.84 Å². The molecular formula is C12H25NO3S. The van der Waals surface area contributed by atoms with Crippen molar-refractivity contribution in [2.75, 3.05) is 12.3 Å². The Bertz CT molecular complexity index is 326. The molecule has 0 heterocycles. The van der Waals surface area contributed by atoms with Gasteiger partial charge in [-0.2, -0.15) is 0 Å². The highest BCUT2D eigenvalue weighted by Crippen LogP contribution is 2.25. The molecule has 0 amide bonds. The molecule has 0 radical (unpaired) electrons. The zero-order valence-electron chi connectivity index (χ0n) is 11.1. The van der Waals surface area contributed by atoms with Crippen LogP contribution < -0.4 is 5.32 Å². The van der Waals surface area contributed by atoms with Crippen LogP contribution in [0.25, 0.3) is 0 Å². The molecule has 1 fully saturated rings. The van der Waals surface area contributed by atoms with Crippen LogP contribution in [0.4, 0.5) is 0 Å². The Morgan fingerprint density at radius 1 is 1.29 bits per heavy atom. The summed E-state index contributed by atoms with van der Waals surface area (Å²) < 4.78 is 24.0. The molecule has 0 aromatic rings. The Balaban J connectivity index is 2.41. The van der Waals surface area contributed by atoms with Crippen molar-refractivity contribution in [3.05, 3.63) is 0 Å². The highest BCUT2D eigenvalue weighted by molar-refractivity contribution is 7.92. The monoisotopic (exact) mass is 263 g/mol. The molecule has 2 N–H and O–H groups in total. The average Bonchev–Trinajstić information content (AvgIpc) is 2.66. The fourth-order valence-electron chi connectivity index (χ4n) is 2.13. The smallest absolute Gasteiger partial charge is 0.155 e. The van der Waals surface area contributed by atoms with Crippen LogP contribution in [0, 0.1) is 0 Å². The molecule has 1 saturated carbocycles. The van der Waals surface area contributed by atoms with Gasteiger partial charge in [-0.1, -0.05) is 12.8 Å². The Morgan fingerprint density at radius 2 is 1.82 bits per heavy atom. The van der Waals surface area contributed by atoms with Crippen LogP contribution in [-0.2, 0) is 9.84 Å². The molecule has 5 heteroatoms. The second-order valence-electron chi connectivity index (χ2n) is 6.02. The predicted octanol–water partition coefficient (Wildman–Crippen LogP) is 1.09. The minimum Gasteiger partial charge on any atom is -0.391 e. The zero-order valence-corrected chi connectivity index (χ0v) is 11.9. The van der Waals surface area contributed by atoms with E-state index in [-0.39, 0.29) is 16.5 Å². The predicted molar refractivity (Wildman–Crippen MR) is 69.8 cm³/mol. The van der Waals surface area contributed by atoms with Crippen molar-refractivity contribution in [2.45, 2.75) is 63.3 Å². The first-order valence-electron chi connectivity index (χ1n) is 6.35. The first kappa shape index (κ1) is 14.9. The molecule has 1 atom stereocenters. The lowest BCUT2D eigenvalue weighted by Gasteiger charge is -2.23. The molecule has 0 aromatic heterocycles. The molecule has 102 valence electrons. The van der Waals surface area contributed by atoms with Gasteiger partial charge in [0.15, 0.2) is 9.84 Å². The van der Waals surface area contributed by atoms with Gasteiger partial charge in [0, 0.05) is 12.1 Å². The quantitative estimate of drug-likeness (QED) is 0.779. The largest absolute Gasteiger partial charge is 0.391 e. The van der Waals surface area contributed by atoms with Crippen molar-refractivity contribution < 1.29 is 13.5 Å². The third-order valence-corrected chi connectivity index (χ3v) is 5.44. The van der Waals surface area contributed by atoms with Gasteiger partial charge in [0.25, 0.3) is 0 Å². The van der Waals surface area contributed by atoms with Crippen molar-refractivity contribution in [3.8, 4) is 0 Å². The molecule has 0 saturated heterocycles. The molecule has 4 nitrogen and oxygen atoms in total. The maximum Gasteiger partial charge on any atom is 0.155 e. The van der Waals surface area contributed by atoms with Gasteiger partial charge in [0.2, 0.25) is 0 Å².